The second kappa shape index (κ2) is 10.2. The van der Waals surface area contributed by atoms with Crippen molar-refractivity contribution in [1.82, 2.24) is 15.1 Å². The first-order chi connectivity index (χ1) is 14.8. The summed E-state index contributed by atoms with van der Waals surface area (Å²) in [6, 6.07) is 9.69. The zero-order valence-corrected chi connectivity index (χ0v) is 20.4. The van der Waals surface area contributed by atoms with Gasteiger partial charge in [-0.3, -0.25) is 9.48 Å². The van der Waals surface area contributed by atoms with Crippen LogP contribution in [-0.4, -0.2) is 22.2 Å². The number of aromatic nitrogens is 2. The number of carbonyl (C=O) groups excluding carboxylic acids is 1. The van der Waals surface area contributed by atoms with Gasteiger partial charge in [0.15, 0.2) is 5.76 Å². The smallest absolute Gasteiger partial charge is 0.286 e. The lowest BCUT2D eigenvalue weighted by Gasteiger charge is -2.14. The number of carbonyl (C=O) groups is 1. The van der Waals surface area contributed by atoms with Gasteiger partial charge in [-0.2, -0.15) is 5.10 Å². The molecule has 0 unspecified atom stereocenters. The molecule has 0 saturated heterocycles. The van der Waals surface area contributed by atoms with Crippen LogP contribution in [0, 0.1) is 20.8 Å². The highest BCUT2D eigenvalue weighted by Gasteiger charge is 2.13. The van der Waals surface area contributed by atoms with Crippen molar-refractivity contribution < 1.29 is 13.9 Å². The van der Waals surface area contributed by atoms with E-state index in [1.165, 1.54) is 0 Å². The number of halogens is 1. The van der Waals surface area contributed by atoms with Gasteiger partial charge in [-0.15, -0.1) is 0 Å². The van der Waals surface area contributed by atoms with E-state index in [0.717, 1.165) is 45.7 Å². The minimum Gasteiger partial charge on any atom is -0.485 e. The number of rotatable bonds is 9. The van der Waals surface area contributed by atoms with E-state index in [1.54, 1.807) is 12.1 Å². The molecule has 0 radical (unpaired) electrons. The van der Waals surface area contributed by atoms with E-state index in [-0.39, 0.29) is 12.5 Å². The molecular weight excluding hydrogens is 458 g/mol. The third kappa shape index (κ3) is 5.79. The molecule has 3 aromatic rings. The number of ether oxygens (including phenoxy) is 1. The molecule has 1 N–H and O–H groups in total. The van der Waals surface area contributed by atoms with Crippen LogP contribution < -0.4 is 10.1 Å². The van der Waals surface area contributed by atoms with Crippen molar-refractivity contribution in [1.29, 1.82) is 0 Å². The average Bonchev–Trinajstić information content (AvgIpc) is 3.30. The summed E-state index contributed by atoms with van der Waals surface area (Å²) >= 11 is 3.53. The van der Waals surface area contributed by atoms with E-state index in [0.29, 0.717) is 24.0 Å². The summed E-state index contributed by atoms with van der Waals surface area (Å²) in [5, 5.41) is 7.38. The molecule has 7 heteroatoms. The summed E-state index contributed by atoms with van der Waals surface area (Å²) in [5.41, 5.74) is 4.36. The van der Waals surface area contributed by atoms with Crippen LogP contribution in [0.25, 0.3) is 0 Å². The fourth-order valence-electron chi connectivity index (χ4n) is 3.38. The molecule has 1 amide bonds. The molecule has 0 bridgehead atoms. The highest BCUT2D eigenvalue weighted by atomic mass is 79.9. The van der Waals surface area contributed by atoms with E-state index in [9.17, 15) is 4.79 Å². The molecule has 0 spiro atoms. The first-order valence-electron chi connectivity index (χ1n) is 10.6. The minimum absolute atomic E-state index is 0.223. The Morgan fingerprint density at radius 3 is 2.68 bits per heavy atom. The maximum absolute atomic E-state index is 12.4. The predicted octanol–water partition coefficient (Wildman–Crippen LogP) is 5.69. The number of hydrogen-bond donors (Lipinski definition) is 1. The van der Waals surface area contributed by atoms with E-state index < -0.39 is 0 Å². The SMILES string of the molecule is Cc1ccc(C(C)C)c(OCc2ccc(C(=O)NCCCn3nc(C)c(Br)c3C)o2)c1. The van der Waals surface area contributed by atoms with Gasteiger partial charge in [-0.1, -0.05) is 26.0 Å². The monoisotopic (exact) mass is 487 g/mol. The van der Waals surface area contributed by atoms with Gasteiger partial charge < -0.3 is 14.5 Å². The van der Waals surface area contributed by atoms with Crippen LogP contribution in [0.2, 0.25) is 0 Å². The van der Waals surface area contributed by atoms with Gasteiger partial charge in [0.25, 0.3) is 5.91 Å². The molecule has 6 nitrogen and oxygen atoms in total. The molecule has 0 aliphatic rings. The third-order valence-corrected chi connectivity index (χ3v) is 6.32. The molecule has 2 heterocycles. The normalized spacial score (nSPS) is 11.2. The van der Waals surface area contributed by atoms with E-state index >= 15 is 0 Å². The highest BCUT2D eigenvalue weighted by Crippen LogP contribution is 2.28. The van der Waals surface area contributed by atoms with Crippen molar-refractivity contribution in [2.75, 3.05) is 6.54 Å². The molecule has 0 fully saturated rings. The fraction of sp³-hybridized carbons (Fsp3) is 0.417. The lowest BCUT2D eigenvalue weighted by atomic mass is 10.0. The Morgan fingerprint density at radius 1 is 1.23 bits per heavy atom. The Labute approximate surface area is 192 Å². The molecule has 31 heavy (non-hydrogen) atoms. The topological polar surface area (TPSA) is 69.3 Å². The van der Waals surface area contributed by atoms with Crippen LogP contribution in [0.3, 0.4) is 0 Å². The van der Waals surface area contributed by atoms with Gasteiger partial charge in [0.1, 0.15) is 18.1 Å². The van der Waals surface area contributed by atoms with Gasteiger partial charge in [0.05, 0.1) is 10.2 Å². The number of amides is 1. The molecule has 1 aromatic carbocycles. The van der Waals surface area contributed by atoms with Gasteiger partial charge in [-0.25, -0.2) is 0 Å². The third-order valence-electron chi connectivity index (χ3n) is 5.17. The quantitative estimate of drug-likeness (QED) is 0.393. The maximum atomic E-state index is 12.4. The Morgan fingerprint density at radius 2 is 2.00 bits per heavy atom. The van der Waals surface area contributed by atoms with Crippen LogP contribution in [0.1, 0.15) is 65.0 Å². The molecule has 2 aromatic heterocycles. The van der Waals surface area contributed by atoms with Crippen molar-refractivity contribution in [2.45, 2.75) is 60.1 Å². The Kier molecular flexibility index (Phi) is 7.59. The van der Waals surface area contributed by atoms with Crippen LogP contribution in [0.4, 0.5) is 0 Å². The number of nitrogens with one attached hydrogen (secondary N) is 1. The van der Waals surface area contributed by atoms with E-state index in [1.807, 2.05) is 31.5 Å². The summed E-state index contributed by atoms with van der Waals surface area (Å²) in [6.45, 7) is 11.9. The van der Waals surface area contributed by atoms with Crippen molar-refractivity contribution in [3.05, 3.63) is 68.8 Å². The summed E-state index contributed by atoms with van der Waals surface area (Å²) in [6.07, 6.45) is 0.780. The number of aryl methyl sites for hydroxylation is 3. The Balaban J connectivity index is 1.49. The molecule has 3 rings (SSSR count). The van der Waals surface area contributed by atoms with Gasteiger partial charge >= 0.3 is 0 Å². The summed E-state index contributed by atoms with van der Waals surface area (Å²) in [7, 11) is 0. The molecular formula is C24H30BrN3O3. The largest absolute Gasteiger partial charge is 0.485 e. The standard InChI is InChI=1S/C24H30BrN3O3/c1-15(2)20-9-7-16(3)13-22(20)30-14-19-8-10-21(31-19)24(29)26-11-6-12-28-18(5)23(25)17(4)27-28/h7-10,13,15H,6,11-12,14H2,1-5H3,(H,26,29). The predicted molar refractivity (Wildman–Crippen MR) is 125 cm³/mol. The molecule has 166 valence electrons. The molecule has 0 aliphatic carbocycles. The van der Waals surface area contributed by atoms with Crippen molar-refractivity contribution in [3.8, 4) is 5.75 Å². The fourth-order valence-corrected chi connectivity index (χ4v) is 3.66. The number of hydrogen-bond acceptors (Lipinski definition) is 4. The van der Waals surface area contributed by atoms with E-state index in [4.69, 9.17) is 9.15 Å². The Bertz CT molecular complexity index is 1050. The number of benzene rings is 1. The van der Waals surface area contributed by atoms with Gasteiger partial charge in [-0.05, 0) is 78.4 Å². The van der Waals surface area contributed by atoms with Crippen LogP contribution >= 0.6 is 15.9 Å². The summed E-state index contributed by atoms with van der Waals surface area (Å²) in [4.78, 5) is 12.4. The summed E-state index contributed by atoms with van der Waals surface area (Å²) < 4.78 is 14.7. The zero-order chi connectivity index (χ0) is 22.5. The van der Waals surface area contributed by atoms with Crippen LogP contribution in [-0.2, 0) is 13.2 Å². The minimum atomic E-state index is -0.223. The van der Waals surface area contributed by atoms with Crippen molar-refractivity contribution in [2.24, 2.45) is 0 Å². The Hall–Kier alpha value is -2.54. The van der Waals surface area contributed by atoms with Crippen LogP contribution in [0.5, 0.6) is 5.75 Å². The highest BCUT2D eigenvalue weighted by molar-refractivity contribution is 9.10. The number of nitrogens with zero attached hydrogens (tertiary/aromatic N) is 2. The number of furan rings is 1. The second-order valence-corrected chi connectivity index (χ2v) is 8.86. The van der Waals surface area contributed by atoms with Crippen molar-refractivity contribution in [3.63, 3.8) is 0 Å². The average molecular weight is 488 g/mol. The first kappa shape index (κ1) is 23.1. The molecule has 0 aliphatic heterocycles. The van der Waals surface area contributed by atoms with Crippen molar-refractivity contribution >= 4 is 21.8 Å². The molecule has 0 atom stereocenters. The van der Waals surface area contributed by atoms with Crippen LogP contribution in [0.15, 0.2) is 39.2 Å². The summed E-state index contributed by atoms with van der Waals surface area (Å²) in [5.74, 6) is 1.91. The lowest BCUT2D eigenvalue weighted by molar-refractivity contribution is 0.0920. The van der Waals surface area contributed by atoms with Gasteiger partial charge in [0, 0.05) is 18.8 Å². The zero-order valence-electron chi connectivity index (χ0n) is 18.8. The first-order valence-corrected chi connectivity index (χ1v) is 11.3. The lowest BCUT2D eigenvalue weighted by Crippen LogP contribution is -2.25. The molecule has 0 saturated carbocycles. The van der Waals surface area contributed by atoms with Gasteiger partial charge in [0.2, 0.25) is 0 Å². The maximum Gasteiger partial charge on any atom is 0.286 e. The van der Waals surface area contributed by atoms with E-state index in [2.05, 4.69) is 52.3 Å². The second-order valence-electron chi connectivity index (χ2n) is 8.07.